The third-order valence-corrected chi connectivity index (χ3v) is 1.89. The number of rotatable bonds is 1. The summed E-state index contributed by atoms with van der Waals surface area (Å²) in [5.74, 6) is 0. The molecule has 0 amide bonds. The molecule has 0 bridgehead atoms. The summed E-state index contributed by atoms with van der Waals surface area (Å²) in [6.45, 7) is 8.52. The van der Waals surface area contributed by atoms with Gasteiger partial charge in [-0.05, 0) is 0 Å². The fourth-order valence-corrected chi connectivity index (χ4v) is 0.0913. The molecule has 0 N–H and O–H groups in total. The molecule has 0 radical (unpaired) electrons. The van der Waals surface area contributed by atoms with Crippen molar-refractivity contribution >= 4 is 10.2 Å². The van der Waals surface area contributed by atoms with E-state index in [2.05, 4.69) is 11.8 Å². The van der Waals surface area contributed by atoms with Crippen molar-refractivity contribution in [1.82, 2.24) is 0 Å². The molecule has 0 aromatic rings. The molecule has 0 aliphatic heterocycles. The molecule has 0 rings (SSSR count). The molecule has 0 saturated heterocycles. The van der Waals surface area contributed by atoms with Crippen LogP contribution in [0.25, 0.3) is 4.85 Å². The number of hydrogen-bond acceptors (Lipinski definition) is 0. The van der Waals surface area contributed by atoms with E-state index >= 15 is 0 Å². The van der Waals surface area contributed by atoms with E-state index in [0.29, 0.717) is 5.67 Å². The summed E-state index contributed by atoms with van der Waals surface area (Å²) in [5, 5.41) is 0. The minimum absolute atomic E-state index is 0.366. The molecule has 0 aromatic heterocycles. The van der Waals surface area contributed by atoms with Gasteiger partial charge in [-0.2, -0.15) is 0 Å². The smallest absolute Gasteiger partial charge is 0.192 e. The minimum Gasteiger partial charge on any atom is -0.320 e. The molecule has 0 aromatic carbocycles. The van der Waals surface area contributed by atoms with E-state index in [-0.39, 0.29) is 0 Å². The molecule has 0 saturated carbocycles. The Morgan fingerprint density at radius 3 is 2.50 bits per heavy atom. The van der Waals surface area contributed by atoms with Gasteiger partial charge >= 0.3 is 0 Å². The first-order chi connectivity index (χ1) is 2.81. The highest BCUT2D eigenvalue weighted by Gasteiger charge is 1.93. The van der Waals surface area contributed by atoms with Crippen LogP contribution in [-0.2, 0) is 0 Å². The monoisotopic (exact) mass is 99.1 g/mol. The number of nitrogens with zero attached hydrogens (tertiary/aromatic N) is 1. The third kappa shape index (κ3) is 1.98. The SMILES string of the molecule is [C-]#[N+]C([SiH3])CC. The van der Waals surface area contributed by atoms with Gasteiger partial charge < -0.3 is 4.85 Å². The van der Waals surface area contributed by atoms with Gasteiger partial charge in [0.15, 0.2) is 5.67 Å². The molecule has 6 heavy (non-hydrogen) atoms. The van der Waals surface area contributed by atoms with E-state index in [0.717, 1.165) is 16.7 Å². The molecule has 2 heteroatoms. The molecule has 0 spiro atoms. The second kappa shape index (κ2) is 2.92. The van der Waals surface area contributed by atoms with Crippen LogP contribution in [0.15, 0.2) is 0 Å². The Bertz CT molecular complexity index is 64.4. The highest BCUT2D eigenvalue weighted by atomic mass is 28.1. The van der Waals surface area contributed by atoms with Crippen LogP contribution < -0.4 is 0 Å². The van der Waals surface area contributed by atoms with Crippen LogP contribution in [0, 0.1) is 6.57 Å². The maximum absolute atomic E-state index is 6.47. The average molecular weight is 99.2 g/mol. The standard InChI is InChI=1S/C4H9NSi/c1-3-4(6)5-2/h4H,3H2,1,6H3. The molecule has 0 fully saturated rings. The van der Waals surface area contributed by atoms with E-state index < -0.39 is 0 Å². The van der Waals surface area contributed by atoms with Crippen LogP contribution in [0.4, 0.5) is 0 Å². The van der Waals surface area contributed by atoms with E-state index in [4.69, 9.17) is 6.57 Å². The highest BCUT2D eigenvalue weighted by molar-refractivity contribution is 6.12. The van der Waals surface area contributed by atoms with Crippen molar-refractivity contribution in [2.24, 2.45) is 0 Å². The Morgan fingerprint density at radius 1 is 2.00 bits per heavy atom. The summed E-state index contributed by atoms with van der Waals surface area (Å²) in [7, 11) is 1.04. The topological polar surface area (TPSA) is 4.36 Å². The van der Waals surface area contributed by atoms with Crippen molar-refractivity contribution in [2.75, 3.05) is 0 Å². The fourth-order valence-electron chi connectivity index (χ4n) is 0.0913. The van der Waals surface area contributed by atoms with Crippen LogP contribution in [0.1, 0.15) is 13.3 Å². The molecule has 0 aliphatic carbocycles. The van der Waals surface area contributed by atoms with Gasteiger partial charge in [-0.25, -0.2) is 6.57 Å². The Kier molecular flexibility index (Phi) is 2.78. The predicted molar refractivity (Wildman–Crippen MR) is 30.6 cm³/mol. The normalized spacial score (nSPS) is 13.3. The molecule has 34 valence electrons. The van der Waals surface area contributed by atoms with Crippen LogP contribution in [0.2, 0.25) is 0 Å². The Labute approximate surface area is 41.6 Å². The van der Waals surface area contributed by atoms with E-state index in [9.17, 15) is 0 Å². The van der Waals surface area contributed by atoms with Gasteiger partial charge in [0.25, 0.3) is 0 Å². The molecule has 1 atom stereocenters. The first kappa shape index (κ1) is 5.71. The van der Waals surface area contributed by atoms with Gasteiger partial charge in [-0.15, -0.1) is 0 Å². The Balaban J connectivity index is 3.04. The van der Waals surface area contributed by atoms with E-state index in [1.807, 2.05) is 0 Å². The van der Waals surface area contributed by atoms with Gasteiger partial charge in [0.1, 0.15) is 10.2 Å². The lowest BCUT2D eigenvalue weighted by atomic mass is 10.5. The zero-order valence-corrected chi connectivity index (χ0v) is 6.23. The largest absolute Gasteiger partial charge is 0.320 e. The van der Waals surface area contributed by atoms with Crippen molar-refractivity contribution < 1.29 is 0 Å². The summed E-state index contributed by atoms with van der Waals surface area (Å²) in [4.78, 5) is 3.32. The van der Waals surface area contributed by atoms with E-state index in [1.54, 1.807) is 0 Å². The minimum atomic E-state index is 0.366. The summed E-state index contributed by atoms with van der Waals surface area (Å²) < 4.78 is 0. The van der Waals surface area contributed by atoms with Crippen molar-refractivity contribution in [3.8, 4) is 0 Å². The van der Waals surface area contributed by atoms with Crippen molar-refractivity contribution in [2.45, 2.75) is 19.0 Å². The molecule has 0 heterocycles. The molecular formula is C4H9NSi. The van der Waals surface area contributed by atoms with Crippen LogP contribution in [-0.4, -0.2) is 15.9 Å². The van der Waals surface area contributed by atoms with Gasteiger partial charge in [0, 0.05) is 6.42 Å². The Morgan fingerprint density at radius 2 is 2.50 bits per heavy atom. The van der Waals surface area contributed by atoms with Gasteiger partial charge in [-0.1, -0.05) is 6.92 Å². The summed E-state index contributed by atoms with van der Waals surface area (Å²) in [6.07, 6.45) is 1.04. The average Bonchev–Trinajstić information content (AvgIpc) is 1.65. The second-order valence-electron chi connectivity index (χ2n) is 1.39. The molecular weight excluding hydrogens is 90.1 g/mol. The quantitative estimate of drug-likeness (QED) is 0.322. The van der Waals surface area contributed by atoms with Crippen molar-refractivity contribution in [1.29, 1.82) is 0 Å². The lowest BCUT2D eigenvalue weighted by Crippen LogP contribution is -1.95. The van der Waals surface area contributed by atoms with Crippen LogP contribution >= 0.6 is 0 Å². The fraction of sp³-hybridized carbons (Fsp3) is 0.750. The highest BCUT2D eigenvalue weighted by Crippen LogP contribution is 1.86. The van der Waals surface area contributed by atoms with Gasteiger partial charge in [0.05, 0.1) is 0 Å². The van der Waals surface area contributed by atoms with Crippen LogP contribution in [0.5, 0.6) is 0 Å². The molecule has 0 aliphatic rings. The first-order valence-electron chi connectivity index (χ1n) is 2.17. The van der Waals surface area contributed by atoms with Gasteiger partial charge in [0.2, 0.25) is 0 Å². The van der Waals surface area contributed by atoms with E-state index in [1.165, 1.54) is 0 Å². The molecule has 1 unspecified atom stereocenters. The zero-order valence-electron chi connectivity index (χ0n) is 4.23. The lowest BCUT2D eigenvalue weighted by Gasteiger charge is -1.85. The maximum atomic E-state index is 6.47. The summed E-state index contributed by atoms with van der Waals surface area (Å²) >= 11 is 0. The molecule has 1 nitrogen and oxygen atoms in total. The van der Waals surface area contributed by atoms with Crippen molar-refractivity contribution in [3.05, 3.63) is 11.4 Å². The maximum Gasteiger partial charge on any atom is 0.192 e. The van der Waals surface area contributed by atoms with Crippen LogP contribution in [0.3, 0.4) is 0 Å². The second-order valence-corrected chi connectivity index (χ2v) is 2.72. The number of hydrogen-bond donors (Lipinski definition) is 0. The van der Waals surface area contributed by atoms with Gasteiger partial charge in [-0.3, -0.25) is 0 Å². The lowest BCUT2D eigenvalue weighted by molar-refractivity contribution is 0.961. The zero-order chi connectivity index (χ0) is 4.99. The Hall–Kier alpha value is -0.293. The summed E-state index contributed by atoms with van der Waals surface area (Å²) in [6, 6.07) is 0. The third-order valence-electron chi connectivity index (χ3n) is 0.811. The predicted octanol–water partition coefficient (Wildman–Crippen LogP) is 0.00719. The van der Waals surface area contributed by atoms with Crippen molar-refractivity contribution in [3.63, 3.8) is 0 Å². The first-order valence-corrected chi connectivity index (χ1v) is 3.33. The summed E-state index contributed by atoms with van der Waals surface area (Å²) in [5.41, 5.74) is 0.366.